The maximum absolute atomic E-state index is 15.0. The molecular weight excluding hydrogens is 402 g/mol. The van der Waals surface area contributed by atoms with Gasteiger partial charge in [0.1, 0.15) is 11.8 Å². The number of nitrogens with zero attached hydrogens (tertiary/aromatic N) is 4. The first kappa shape index (κ1) is 21.0. The van der Waals surface area contributed by atoms with Gasteiger partial charge in [-0.15, -0.1) is 0 Å². The van der Waals surface area contributed by atoms with E-state index in [-0.39, 0.29) is 36.8 Å². The van der Waals surface area contributed by atoms with Gasteiger partial charge in [-0.2, -0.15) is 8.78 Å². The molecule has 9 nitrogen and oxygen atoms in total. The van der Waals surface area contributed by atoms with E-state index < -0.39 is 38.0 Å². The quantitative estimate of drug-likeness (QED) is 0.644. The Balaban J connectivity index is 1.80. The van der Waals surface area contributed by atoms with E-state index in [1.807, 2.05) is 0 Å². The zero-order chi connectivity index (χ0) is 20.5. The number of rotatable bonds is 8. The fourth-order valence-electron chi connectivity index (χ4n) is 3.09. The number of ether oxygens (including phenoxy) is 1. The zero-order valence-electron chi connectivity index (χ0n) is 15.3. The number of hydrogen-bond acceptors (Lipinski definition) is 8. The fraction of sp³-hybridized carbons (Fsp3) is 0.667. The first-order valence-electron chi connectivity index (χ1n) is 8.69. The molecule has 3 atom stereocenters. The molecule has 0 unspecified atom stereocenters. The van der Waals surface area contributed by atoms with E-state index in [1.165, 1.54) is 31.1 Å². The predicted octanol–water partition coefficient (Wildman–Crippen LogP) is 3.14. The Bertz CT molecular complexity index is 872. The van der Waals surface area contributed by atoms with E-state index >= 15 is 0 Å². The van der Waals surface area contributed by atoms with Crippen LogP contribution in [0.2, 0.25) is 0 Å². The molecule has 2 N–H and O–H groups in total. The van der Waals surface area contributed by atoms with Crippen molar-refractivity contribution in [3.63, 3.8) is 0 Å². The van der Waals surface area contributed by atoms with Gasteiger partial charge in [-0.05, 0) is 13.8 Å². The number of fused-ring (bicyclic) bond motifs is 1. The topological polar surface area (TPSA) is 114 Å². The fourth-order valence-corrected chi connectivity index (χ4v) is 4.68. The first-order chi connectivity index (χ1) is 13.2. The van der Waals surface area contributed by atoms with Gasteiger partial charge in [0.25, 0.3) is 0 Å². The van der Waals surface area contributed by atoms with E-state index in [2.05, 4.69) is 15.0 Å². The monoisotopic (exact) mass is 423 g/mol. The Kier molecular flexibility index (Phi) is 5.95. The minimum atomic E-state index is -4.74. The van der Waals surface area contributed by atoms with Crippen LogP contribution in [0.15, 0.2) is 12.7 Å². The van der Waals surface area contributed by atoms with Crippen LogP contribution < -0.4 is 5.73 Å². The molecule has 13 heteroatoms. The van der Waals surface area contributed by atoms with Gasteiger partial charge in [0.2, 0.25) is 0 Å². The van der Waals surface area contributed by atoms with Gasteiger partial charge in [0.05, 0.1) is 26.1 Å². The van der Waals surface area contributed by atoms with Crippen molar-refractivity contribution in [3.05, 3.63) is 12.7 Å². The summed E-state index contributed by atoms with van der Waals surface area (Å²) in [5.41, 5.74) is 2.31. The molecule has 1 aliphatic heterocycles. The maximum atomic E-state index is 15.0. The molecule has 2 aromatic heterocycles. The summed E-state index contributed by atoms with van der Waals surface area (Å²) in [7, 11) is -4.74. The Morgan fingerprint density at radius 1 is 1.32 bits per heavy atom. The highest BCUT2D eigenvalue weighted by Gasteiger charge is 2.56. The molecule has 0 amide bonds. The Morgan fingerprint density at radius 3 is 2.64 bits per heavy atom. The standard InChI is InChI=1S/C15H21F3N5O4P/c1-3-26-28(24,27-4-2)15(17,18)5-9-6-25-14(10(9)16)23-8-22-11-12(19)20-7-21-13(11)23/h7-10,14H,3-6H2,1-2H3,(H2,19,20,21)/t9-,10-,14+/m0/s1. The van der Waals surface area contributed by atoms with E-state index in [4.69, 9.17) is 19.5 Å². The second-order valence-electron chi connectivity index (χ2n) is 6.21. The Labute approximate surface area is 158 Å². The summed E-state index contributed by atoms with van der Waals surface area (Å²) in [6.07, 6.45) is -1.65. The number of nitrogens with two attached hydrogens (primary N) is 1. The third-order valence-electron chi connectivity index (χ3n) is 4.37. The summed E-state index contributed by atoms with van der Waals surface area (Å²) in [6, 6.07) is 0. The molecule has 1 aliphatic rings. The van der Waals surface area contributed by atoms with Gasteiger partial charge >= 0.3 is 13.3 Å². The minimum Gasteiger partial charge on any atom is -0.382 e. The normalized spacial score (nSPS) is 23.5. The summed E-state index contributed by atoms with van der Waals surface area (Å²) in [5.74, 6) is -1.12. The van der Waals surface area contributed by atoms with Crippen molar-refractivity contribution in [2.75, 3.05) is 25.6 Å². The van der Waals surface area contributed by atoms with Gasteiger partial charge in [-0.1, -0.05) is 0 Å². The highest BCUT2D eigenvalue weighted by Crippen LogP contribution is 2.64. The first-order valence-corrected chi connectivity index (χ1v) is 10.2. The van der Waals surface area contributed by atoms with Crippen LogP contribution in [-0.4, -0.2) is 51.2 Å². The smallest absolute Gasteiger partial charge is 0.382 e. The van der Waals surface area contributed by atoms with Crippen LogP contribution in [0.3, 0.4) is 0 Å². The van der Waals surface area contributed by atoms with E-state index in [9.17, 15) is 17.7 Å². The lowest BCUT2D eigenvalue weighted by molar-refractivity contribution is 0.00950. The third-order valence-corrected chi connectivity index (χ3v) is 6.55. The zero-order valence-corrected chi connectivity index (χ0v) is 16.2. The van der Waals surface area contributed by atoms with Crippen LogP contribution in [0.1, 0.15) is 26.5 Å². The van der Waals surface area contributed by atoms with Gasteiger partial charge in [-0.25, -0.2) is 19.3 Å². The lowest BCUT2D eigenvalue weighted by Gasteiger charge is -2.28. The molecule has 2 aromatic rings. The van der Waals surface area contributed by atoms with Crippen molar-refractivity contribution in [2.45, 2.75) is 38.3 Å². The van der Waals surface area contributed by atoms with Crippen molar-refractivity contribution < 1.29 is 31.5 Å². The highest BCUT2D eigenvalue weighted by atomic mass is 31.2. The van der Waals surface area contributed by atoms with Gasteiger partial charge in [0, 0.05) is 12.3 Å². The number of aromatic nitrogens is 4. The number of hydrogen-bond donors (Lipinski definition) is 1. The number of imidazole rings is 1. The van der Waals surface area contributed by atoms with E-state index in [0.717, 1.165) is 0 Å². The molecule has 28 heavy (non-hydrogen) atoms. The molecule has 0 saturated carbocycles. The van der Waals surface area contributed by atoms with Crippen LogP contribution >= 0.6 is 7.60 Å². The van der Waals surface area contributed by atoms with Gasteiger partial charge in [-0.3, -0.25) is 9.13 Å². The molecule has 0 bridgehead atoms. The Morgan fingerprint density at radius 2 is 2.00 bits per heavy atom. The van der Waals surface area contributed by atoms with Crippen molar-refractivity contribution in [1.82, 2.24) is 19.5 Å². The molecule has 1 fully saturated rings. The van der Waals surface area contributed by atoms with Crippen LogP contribution in [0.25, 0.3) is 11.2 Å². The van der Waals surface area contributed by atoms with Crippen molar-refractivity contribution in [3.8, 4) is 0 Å². The number of halogens is 3. The van der Waals surface area contributed by atoms with Gasteiger partial charge < -0.3 is 19.5 Å². The van der Waals surface area contributed by atoms with Crippen molar-refractivity contribution in [1.29, 1.82) is 0 Å². The number of alkyl halides is 3. The second kappa shape index (κ2) is 7.94. The average molecular weight is 423 g/mol. The lowest BCUT2D eigenvalue weighted by Crippen LogP contribution is -2.29. The predicted molar refractivity (Wildman–Crippen MR) is 93.5 cm³/mol. The molecule has 0 spiro atoms. The van der Waals surface area contributed by atoms with Crippen molar-refractivity contribution in [2.24, 2.45) is 5.92 Å². The third kappa shape index (κ3) is 3.61. The molecule has 0 aliphatic carbocycles. The average Bonchev–Trinajstić information content (AvgIpc) is 3.20. The molecule has 3 heterocycles. The summed E-state index contributed by atoms with van der Waals surface area (Å²) in [5, 5.41) is 0. The largest absolute Gasteiger partial charge is 0.399 e. The second-order valence-corrected chi connectivity index (χ2v) is 8.38. The number of anilines is 1. The number of nitrogen functional groups attached to an aromatic ring is 1. The van der Waals surface area contributed by atoms with E-state index in [0.29, 0.717) is 0 Å². The molecule has 0 aromatic carbocycles. The summed E-state index contributed by atoms with van der Waals surface area (Å²) in [4.78, 5) is 11.8. The molecule has 1 saturated heterocycles. The van der Waals surface area contributed by atoms with Crippen LogP contribution in [-0.2, 0) is 18.3 Å². The van der Waals surface area contributed by atoms with E-state index in [1.54, 1.807) is 0 Å². The van der Waals surface area contributed by atoms with Crippen molar-refractivity contribution >= 4 is 24.6 Å². The molecule has 0 radical (unpaired) electrons. The summed E-state index contributed by atoms with van der Waals surface area (Å²) in [6.45, 7) is 2.09. The SMILES string of the molecule is CCOP(=O)(OCC)C(F)(F)C[C@H]1CO[C@@H](n2cnc3c(N)ncnc32)[C@H]1F. The van der Waals surface area contributed by atoms with Crippen LogP contribution in [0.5, 0.6) is 0 Å². The van der Waals surface area contributed by atoms with Crippen LogP contribution in [0, 0.1) is 5.92 Å². The molecule has 156 valence electrons. The van der Waals surface area contributed by atoms with Crippen LogP contribution in [0.4, 0.5) is 19.0 Å². The summed E-state index contributed by atoms with van der Waals surface area (Å²) >= 11 is 0. The molecule has 3 rings (SSSR count). The Hall–Kier alpha value is -1.75. The molecular formula is C15H21F3N5O4P. The summed E-state index contributed by atoms with van der Waals surface area (Å²) < 4.78 is 72.9. The lowest BCUT2D eigenvalue weighted by atomic mass is 10.0. The maximum Gasteiger partial charge on any atom is 0.399 e. The highest BCUT2D eigenvalue weighted by molar-refractivity contribution is 7.55. The minimum absolute atomic E-state index is 0.106. The van der Waals surface area contributed by atoms with Gasteiger partial charge in [0.15, 0.2) is 23.9 Å².